The maximum Gasteiger partial charge on any atom is 0.390 e. The highest BCUT2D eigenvalue weighted by Crippen LogP contribution is 2.20. The highest BCUT2D eigenvalue weighted by molar-refractivity contribution is 7.89. The molecule has 19 heavy (non-hydrogen) atoms. The first-order valence-electron chi connectivity index (χ1n) is 5.51. The molecule has 0 aliphatic carbocycles. The Hall–Kier alpha value is -1.35. The van der Waals surface area contributed by atoms with Gasteiger partial charge in [-0.05, 0) is 19.1 Å². The fraction of sp³-hybridized carbons (Fsp3) is 0.500. The lowest BCUT2D eigenvalue weighted by Gasteiger charge is -2.11. The summed E-state index contributed by atoms with van der Waals surface area (Å²) in [7, 11) is -4.01. The van der Waals surface area contributed by atoms with Crippen LogP contribution in [-0.2, 0) is 10.0 Å². The second kappa shape index (κ2) is 6.20. The average Bonchev–Trinajstić information content (AvgIpc) is 2.28. The number of hydrogen-bond acceptors (Lipinski definition) is 4. The summed E-state index contributed by atoms with van der Waals surface area (Å²) in [6, 6.07) is 2.68. The minimum absolute atomic E-state index is 0.115. The number of sulfonamides is 1. The summed E-state index contributed by atoms with van der Waals surface area (Å²) in [6.45, 7) is 1.50. The van der Waals surface area contributed by atoms with E-state index in [0.29, 0.717) is 6.54 Å². The van der Waals surface area contributed by atoms with Crippen molar-refractivity contribution >= 4 is 15.8 Å². The lowest BCUT2D eigenvalue weighted by molar-refractivity contribution is -0.132. The van der Waals surface area contributed by atoms with E-state index in [9.17, 15) is 21.6 Å². The zero-order valence-electron chi connectivity index (χ0n) is 10.2. The standard InChI is InChI=1S/C10H14F3N3O2S/c1-2-14-9-8(4-3-6-15-9)19(17,18)16-7-5-10(11,12)13/h3-4,6,16H,2,5,7H2,1H3,(H,14,15). The third-order valence-electron chi connectivity index (χ3n) is 2.10. The van der Waals surface area contributed by atoms with E-state index in [1.165, 1.54) is 18.3 Å². The monoisotopic (exact) mass is 297 g/mol. The summed E-state index contributed by atoms with van der Waals surface area (Å²) in [4.78, 5) is 3.67. The lowest BCUT2D eigenvalue weighted by atomic mass is 10.4. The Morgan fingerprint density at radius 3 is 2.63 bits per heavy atom. The number of pyridine rings is 1. The van der Waals surface area contributed by atoms with Gasteiger partial charge in [-0.15, -0.1) is 0 Å². The summed E-state index contributed by atoms with van der Waals surface area (Å²) >= 11 is 0. The van der Waals surface area contributed by atoms with E-state index < -0.39 is 29.2 Å². The number of nitrogens with zero attached hydrogens (tertiary/aromatic N) is 1. The largest absolute Gasteiger partial charge is 0.390 e. The second-order valence-corrected chi connectivity index (χ2v) is 5.38. The molecule has 0 aromatic carbocycles. The maximum atomic E-state index is 12.0. The van der Waals surface area contributed by atoms with Crippen LogP contribution in [0.3, 0.4) is 0 Å². The SMILES string of the molecule is CCNc1ncccc1S(=O)(=O)NCCC(F)(F)F. The zero-order valence-corrected chi connectivity index (χ0v) is 11.0. The van der Waals surface area contributed by atoms with Crippen molar-refractivity contribution in [3.05, 3.63) is 18.3 Å². The number of anilines is 1. The Kier molecular flexibility index (Phi) is 5.12. The van der Waals surface area contributed by atoms with Crippen LogP contribution in [0.1, 0.15) is 13.3 Å². The molecule has 0 saturated heterocycles. The normalized spacial score (nSPS) is 12.4. The molecule has 9 heteroatoms. The van der Waals surface area contributed by atoms with Crippen molar-refractivity contribution in [2.24, 2.45) is 0 Å². The maximum absolute atomic E-state index is 12.0. The van der Waals surface area contributed by atoms with Crippen LogP contribution in [0.2, 0.25) is 0 Å². The van der Waals surface area contributed by atoms with Gasteiger partial charge in [-0.1, -0.05) is 0 Å². The molecule has 0 saturated carbocycles. The van der Waals surface area contributed by atoms with Crippen LogP contribution in [0.5, 0.6) is 0 Å². The fourth-order valence-corrected chi connectivity index (χ4v) is 2.48. The minimum atomic E-state index is -4.40. The highest BCUT2D eigenvalue weighted by Gasteiger charge is 2.28. The minimum Gasteiger partial charge on any atom is -0.369 e. The van der Waals surface area contributed by atoms with Gasteiger partial charge in [0.1, 0.15) is 10.7 Å². The molecule has 0 spiro atoms. The molecule has 0 fully saturated rings. The summed E-state index contributed by atoms with van der Waals surface area (Å²) in [5.41, 5.74) is 0. The Morgan fingerprint density at radius 2 is 2.05 bits per heavy atom. The van der Waals surface area contributed by atoms with Crippen molar-refractivity contribution in [2.75, 3.05) is 18.4 Å². The van der Waals surface area contributed by atoms with E-state index in [4.69, 9.17) is 0 Å². The average molecular weight is 297 g/mol. The first-order chi connectivity index (χ1) is 8.76. The van der Waals surface area contributed by atoms with Crippen LogP contribution < -0.4 is 10.0 Å². The number of halogens is 3. The quantitative estimate of drug-likeness (QED) is 0.839. The molecule has 0 bridgehead atoms. The molecule has 1 heterocycles. The van der Waals surface area contributed by atoms with E-state index in [1.807, 2.05) is 4.72 Å². The topological polar surface area (TPSA) is 71.1 Å². The molecule has 108 valence electrons. The summed E-state index contributed by atoms with van der Waals surface area (Å²) in [5, 5.41) is 2.74. The summed E-state index contributed by atoms with van der Waals surface area (Å²) in [5.74, 6) is 0.115. The molecule has 0 aliphatic heterocycles. The molecule has 0 amide bonds. The molecular formula is C10H14F3N3O2S. The van der Waals surface area contributed by atoms with Crippen LogP contribution in [-0.4, -0.2) is 32.7 Å². The van der Waals surface area contributed by atoms with Crippen molar-refractivity contribution in [1.29, 1.82) is 0 Å². The fourth-order valence-electron chi connectivity index (χ4n) is 1.31. The van der Waals surface area contributed by atoms with E-state index >= 15 is 0 Å². The molecule has 1 rings (SSSR count). The van der Waals surface area contributed by atoms with Crippen LogP contribution in [0, 0.1) is 0 Å². The number of hydrogen-bond donors (Lipinski definition) is 2. The van der Waals surface area contributed by atoms with Gasteiger partial charge in [0, 0.05) is 19.3 Å². The van der Waals surface area contributed by atoms with Gasteiger partial charge in [-0.3, -0.25) is 0 Å². The first-order valence-corrected chi connectivity index (χ1v) is 7.00. The van der Waals surface area contributed by atoms with Gasteiger partial charge < -0.3 is 5.32 Å². The third-order valence-corrected chi connectivity index (χ3v) is 3.60. The Balaban J connectivity index is 2.83. The van der Waals surface area contributed by atoms with E-state index in [1.54, 1.807) is 6.92 Å². The van der Waals surface area contributed by atoms with Gasteiger partial charge in [-0.25, -0.2) is 18.1 Å². The van der Waals surface area contributed by atoms with Gasteiger partial charge in [0.05, 0.1) is 6.42 Å². The first kappa shape index (κ1) is 15.7. The van der Waals surface area contributed by atoms with Crippen LogP contribution in [0.4, 0.5) is 19.0 Å². The van der Waals surface area contributed by atoms with Crippen molar-refractivity contribution < 1.29 is 21.6 Å². The highest BCUT2D eigenvalue weighted by atomic mass is 32.2. The van der Waals surface area contributed by atoms with Gasteiger partial charge in [0.2, 0.25) is 10.0 Å². The smallest absolute Gasteiger partial charge is 0.369 e. The van der Waals surface area contributed by atoms with Gasteiger partial charge in [-0.2, -0.15) is 13.2 Å². The Bertz CT molecular complexity index is 517. The molecule has 1 aromatic rings. The predicted octanol–water partition coefficient (Wildman–Crippen LogP) is 1.74. The van der Waals surface area contributed by atoms with Gasteiger partial charge in [0.25, 0.3) is 0 Å². The number of alkyl halides is 3. The predicted molar refractivity (Wildman–Crippen MR) is 64.3 cm³/mol. The van der Waals surface area contributed by atoms with Crippen molar-refractivity contribution in [3.63, 3.8) is 0 Å². The molecule has 1 aromatic heterocycles. The Labute approximate surface area is 109 Å². The number of aromatic nitrogens is 1. The van der Waals surface area contributed by atoms with Crippen LogP contribution >= 0.6 is 0 Å². The van der Waals surface area contributed by atoms with Crippen molar-refractivity contribution in [1.82, 2.24) is 9.71 Å². The molecular weight excluding hydrogens is 283 g/mol. The van der Waals surface area contributed by atoms with E-state index in [0.717, 1.165) is 0 Å². The van der Waals surface area contributed by atoms with Gasteiger partial charge in [0.15, 0.2) is 0 Å². The number of nitrogens with one attached hydrogen (secondary N) is 2. The van der Waals surface area contributed by atoms with Crippen LogP contribution in [0.25, 0.3) is 0 Å². The third kappa shape index (κ3) is 5.03. The molecule has 0 atom stereocenters. The van der Waals surface area contributed by atoms with Crippen LogP contribution in [0.15, 0.2) is 23.2 Å². The summed E-state index contributed by atoms with van der Waals surface area (Å²) < 4.78 is 61.5. The second-order valence-electron chi connectivity index (χ2n) is 3.64. The lowest BCUT2D eigenvalue weighted by Crippen LogP contribution is -2.28. The van der Waals surface area contributed by atoms with Crippen molar-refractivity contribution in [2.45, 2.75) is 24.4 Å². The molecule has 5 nitrogen and oxygen atoms in total. The zero-order chi connectivity index (χ0) is 14.5. The van der Waals surface area contributed by atoms with Gasteiger partial charge >= 0.3 is 6.18 Å². The van der Waals surface area contributed by atoms with Crippen molar-refractivity contribution in [3.8, 4) is 0 Å². The molecule has 2 N–H and O–H groups in total. The van der Waals surface area contributed by atoms with E-state index in [2.05, 4.69) is 10.3 Å². The Morgan fingerprint density at radius 1 is 1.37 bits per heavy atom. The van der Waals surface area contributed by atoms with E-state index in [-0.39, 0.29) is 10.7 Å². The molecule has 0 aliphatic rings. The summed E-state index contributed by atoms with van der Waals surface area (Å²) in [6.07, 6.45) is -4.22. The number of rotatable bonds is 6. The molecule has 0 radical (unpaired) electrons. The molecule has 0 unspecified atom stereocenters.